The molecule has 1 unspecified atom stereocenters. The molecule has 0 aliphatic heterocycles. The van der Waals surface area contributed by atoms with Crippen LogP contribution in [0.3, 0.4) is 0 Å². The van der Waals surface area contributed by atoms with E-state index in [1.807, 2.05) is 24.7 Å². The first kappa shape index (κ1) is 17.9. The van der Waals surface area contributed by atoms with E-state index in [1.54, 1.807) is 40.7 Å². The van der Waals surface area contributed by atoms with Gasteiger partial charge in [-0.15, -0.1) is 26.4 Å². The minimum Gasteiger partial charge on any atom is -0.323 e. The number of nitroso groups, excluding NO2 is 1. The molecule has 0 aliphatic carbocycles. The zero-order valence-corrected chi connectivity index (χ0v) is 14.7. The SMILES string of the molecule is CC(CCc1ccc(N=O)cc1)Cc1cscn1.Cn1cnnc1. The molecule has 6 nitrogen and oxygen atoms in total. The van der Waals surface area contributed by atoms with Gasteiger partial charge in [0.2, 0.25) is 0 Å². The molecule has 0 saturated carbocycles. The lowest BCUT2D eigenvalue weighted by Gasteiger charge is -2.09. The Morgan fingerprint density at radius 1 is 1.21 bits per heavy atom. The van der Waals surface area contributed by atoms with Crippen LogP contribution in [0.5, 0.6) is 0 Å². The molecule has 2 heterocycles. The van der Waals surface area contributed by atoms with Crippen LogP contribution in [0.4, 0.5) is 5.69 Å². The largest absolute Gasteiger partial charge is 0.323 e. The van der Waals surface area contributed by atoms with Crippen LogP contribution < -0.4 is 0 Å². The lowest BCUT2D eigenvalue weighted by molar-refractivity contribution is 0.525. The van der Waals surface area contributed by atoms with Crippen molar-refractivity contribution in [1.29, 1.82) is 0 Å². The fraction of sp³-hybridized carbons (Fsp3) is 0.353. The van der Waals surface area contributed by atoms with Gasteiger partial charge in [0, 0.05) is 12.4 Å². The van der Waals surface area contributed by atoms with Gasteiger partial charge in [-0.05, 0) is 48.1 Å². The number of nitrogens with zero attached hydrogens (tertiary/aromatic N) is 5. The molecule has 3 rings (SSSR count). The summed E-state index contributed by atoms with van der Waals surface area (Å²) in [5.74, 6) is 0.621. The second kappa shape index (κ2) is 9.67. The first-order valence-corrected chi connectivity index (χ1v) is 8.69. The van der Waals surface area contributed by atoms with Crippen LogP contribution in [-0.4, -0.2) is 19.7 Å². The van der Waals surface area contributed by atoms with Crippen molar-refractivity contribution in [1.82, 2.24) is 19.7 Å². The van der Waals surface area contributed by atoms with Crippen molar-refractivity contribution < 1.29 is 0 Å². The Kier molecular flexibility index (Phi) is 7.22. The van der Waals surface area contributed by atoms with E-state index in [0.29, 0.717) is 11.6 Å². The van der Waals surface area contributed by atoms with Gasteiger partial charge in [0.1, 0.15) is 18.3 Å². The summed E-state index contributed by atoms with van der Waals surface area (Å²) < 4.78 is 1.78. The van der Waals surface area contributed by atoms with Gasteiger partial charge < -0.3 is 4.57 Å². The number of hydrogen-bond acceptors (Lipinski definition) is 6. The van der Waals surface area contributed by atoms with Crippen LogP contribution in [-0.2, 0) is 19.9 Å². The first-order chi connectivity index (χ1) is 11.7. The number of rotatable bonds is 6. The summed E-state index contributed by atoms with van der Waals surface area (Å²) >= 11 is 1.65. The Labute approximate surface area is 145 Å². The van der Waals surface area contributed by atoms with Crippen molar-refractivity contribution in [3.8, 4) is 0 Å². The Hall–Kier alpha value is -2.41. The van der Waals surface area contributed by atoms with E-state index >= 15 is 0 Å². The number of aromatic nitrogens is 4. The maximum absolute atomic E-state index is 10.3. The summed E-state index contributed by atoms with van der Waals surface area (Å²) in [5.41, 5.74) is 4.82. The van der Waals surface area contributed by atoms with Crippen molar-refractivity contribution in [3.05, 3.63) is 64.0 Å². The van der Waals surface area contributed by atoms with Crippen molar-refractivity contribution in [3.63, 3.8) is 0 Å². The van der Waals surface area contributed by atoms with Crippen LogP contribution in [0.1, 0.15) is 24.6 Å². The number of hydrogen-bond donors (Lipinski definition) is 0. The van der Waals surface area contributed by atoms with E-state index in [0.717, 1.165) is 19.3 Å². The zero-order valence-electron chi connectivity index (χ0n) is 13.9. The zero-order chi connectivity index (χ0) is 17.2. The van der Waals surface area contributed by atoms with E-state index in [1.165, 1.54) is 11.3 Å². The minimum absolute atomic E-state index is 0.495. The first-order valence-electron chi connectivity index (χ1n) is 7.75. The van der Waals surface area contributed by atoms with Gasteiger partial charge in [-0.1, -0.05) is 19.1 Å². The second-order valence-electron chi connectivity index (χ2n) is 5.71. The van der Waals surface area contributed by atoms with Crippen LogP contribution in [0.2, 0.25) is 0 Å². The predicted octanol–water partition coefficient (Wildman–Crippen LogP) is 4.17. The van der Waals surface area contributed by atoms with Gasteiger partial charge >= 0.3 is 0 Å². The molecule has 0 spiro atoms. The molecule has 0 bridgehead atoms. The number of thiazole rings is 1. The number of aryl methyl sites for hydroxylation is 2. The lowest BCUT2D eigenvalue weighted by Crippen LogP contribution is -2.02. The average Bonchev–Trinajstić information content (AvgIpc) is 3.28. The maximum atomic E-state index is 10.3. The van der Waals surface area contributed by atoms with Crippen LogP contribution in [0, 0.1) is 10.8 Å². The van der Waals surface area contributed by atoms with E-state index in [2.05, 4.69) is 32.7 Å². The highest BCUT2D eigenvalue weighted by Crippen LogP contribution is 2.17. The summed E-state index contributed by atoms with van der Waals surface area (Å²) in [6, 6.07) is 7.50. The van der Waals surface area contributed by atoms with Gasteiger partial charge in [0.25, 0.3) is 0 Å². The molecule has 7 heteroatoms. The van der Waals surface area contributed by atoms with Crippen molar-refractivity contribution in [2.45, 2.75) is 26.2 Å². The third-order valence-electron chi connectivity index (χ3n) is 3.54. The Morgan fingerprint density at radius 3 is 2.42 bits per heavy atom. The third kappa shape index (κ3) is 6.37. The van der Waals surface area contributed by atoms with Gasteiger partial charge in [-0.2, -0.15) is 0 Å². The van der Waals surface area contributed by atoms with Crippen molar-refractivity contribution in [2.24, 2.45) is 18.1 Å². The summed E-state index contributed by atoms with van der Waals surface area (Å²) in [7, 11) is 1.88. The second-order valence-corrected chi connectivity index (χ2v) is 6.43. The molecule has 0 fully saturated rings. The third-order valence-corrected chi connectivity index (χ3v) is 4.18. The Balaban J connectivity index is 0.000000292. The molecule has 0 saturated heterocycles. The summed E-state index contributed by atoms with van der Waals surface area (Å²) in [6.07, 6.45) is 6.48. The van der Waals surface area contributed by atoms with Crippen LogP contribution >= 0.6 is 11.3 Å². The highest BCUT2D eigenvalue weighted by atomic mass is 32.1. The fourth-order valence-corrected chi connectivity index (χ4v) is 2.76. The highest BCUT2D eigenvalue weighted by Gasteiger charge is 2.06. The molecule has 126 valence electrons. The van der Waals surface area contributed by atoms with Gasteiger partial charge in [0.05, 0.1) is 11.2 Å². The van der Waals surface area contributed by atoms with E-state index in [4.69, 9.17) is 0 Å². The molecule has 1 aromatic carbocycles. The number of benzene rings is 1. The lowest BCUT2D eigenvalue weighted by atomic mass is 9.97. The molecule has 0 N–H and O–H groups in total. The van der Waals surface area contributed by atoms with E-state index < -0.39 is 0 Å². The van der Waals surface area contributed by atoms with E-state index in [9.17, 15) is 4.91 Å². The standard InChI is InChI=1S/C14H16N2OS.C3H5N3/c1-11(8-14-9-18-10-15-14)2-3-12-4-6-13(16-17)7-5-12;1-6-2-4-5-3-6/h4-7,9-11H,2-3,8H2,1H3;2-3H,1H3. The summed E-state index contributed by atoms with van der Waals surface area (Å²) in [5, 5.41) is 12.1. The van der Waals surface area contributed by atoms with Gasteiger partial charge in [0.15, 0.2) is 0 Å². The molecule has 2 aromatic heterocycles. The fourth-order valence-electron chi connectivity index (χ4n) is 2.19. The Bertz CT molecular complexity index is 695. The molecule has 0 amide bonds. The minimum atomic E-state index is 0.495. The molecular weight excluding hydrogens is 322 g/mol. The monoisotopic (exact) mass is 343 g/mol. The van der Waals surface area contributed by atoms with Crippen molar-refractivity contribution in [2.75, 3.05) is 0 Å². The molecular formula is C17H21N5OS. The van der Waals surface area contributed by atoms with Crippen LogP contribution in [0.25, 0.3) is 0 Å². The quantitative estimate of drug-likeness (QED) is 0.630. The molecule has 24 heavy (non-hydrogen) atoms. The smallest absolute Gasteiger partial charge is 0.119 e. The average molecular weight is 343 g/mol. The Morgan fingerprint density at radius 2 is 1.92 bits per heavy atom. The molecule has 0 aliphatic rings. The molecule has 1 atom stereocenters. The van der Waals surface area contributed by atoms with Crippen molar-refractivity contribution >= 4 is 17.0 Å². The van der Waals surface area contributed by atoms with E-state index in [-0.39, 0.29) is 0 Å². The maximum Gasteiger partial charge on any atom is 0.119 e. The predicted molar refractivity (Wildman–Crippen MR) is 96.2 cm³/mol. The summed E-state index contributed by atoms with van der Waals surface area (Å²) in [6.45, 7) is 2.25. The normalized spacial score (nSPS) is 11.4. The highest BCUT2D eigenvalue weighted by molar-refractivity contribution is 7.07. The van der Waals surface area contributed by atoms with Crippen LogP contribution in [0.15, 0.2) is 53.0 Å². The summed E-state index contributed by atoms with van der Waals surface area (Å²) in [4.78, 5) is 14.6. The van der Waals surface area contributed by atoms with Gasteiger partial charge in [-0.25, -0.2) is 4.98 Å². The molecule has 0 radical (unpaired) electrons. The topological polar surface area (TPSA) is 73.0 Å². The molecule has 3 aromatic rings. The van der Waals surface area contributed by atoms with Gasteiger partial charge in [-0.3, -0.25) is 0 Å².